The van der Waals surface area contributed by atoms with Crippen LogP contribution in [0.15, 0.2) is 53.7 Å². The van der Waals surface area contributed by atoms with Gasteiger partial charge in [0.25, 0.3) is 0 Å². The van der Waals surface area contributed by atoms with Crippen molar-refractivity contribution in [1.29, 1.82) is 0 Å². The van der Waals surface area contributed by atoms with Gasteiger partial charge in [0, 0.05) is 17.9 Å². The predicted octanol–water partition coefficient (Wildman–Crippen LogP) is 4.45. The number of nitrogens with zero attached hydrogens (tertiary/aromatic N) is 3. The summed E-state index contributed by atoms with van der Waals surface area (Å²) in [5.41, 5.74) is 2.11. The summed E-state index contributed by atoms with van der Waals surface area (Å²) >= 11 is 1.49. The van der Waals surface area contributed by atoms with Crippen LogP contribution in [0.25, 0.3) is 11.4 Å². The number of hydrogen-bond acceptors (Lipinski definition) is 6. The van der Waals surface area contributed by atoms with Crippen molar-refractivity contribution < 1.29 is 14.6 Å². The van der Waals surface area contributed by atoms with Gasteiger partial charge < -0.3 is 19.1 Å². The van der Waals surface area contributed by atoms with Gasteiger partial charge in [-0.2, -0.15) is 0 Å². The maximum atomic E-state index is 10.4. The van der Waals surface area contributed by atoms with Crippen molar-refractivity contribution in [1.82, 2.24) is 14.8 Å². The van der Waals surface area contributed by atoms with Crippen LogP contribution in [0.1, 0.15) is 19.4 Å². The van der Waals surface area contributed by atoms with E-state index >= 15 is 0 Å². The number of aryl methyl sites for hydroxylation is 1. The molecule has 3 rings (SSSR count). The molecule has 30 heavy (non-hydrogen) atoms. The number of aliphatic hydroxyl groups excluding tert-OH is 1. The van der Waals surface area contributed by atoms with Crippen LogP contribution in [0.2, 0.25) is 0 Å². The van der Waals surface area contributed by atoms with E-state index in [-0.39, 0.29) is 6.61 Å². The molecule has 0 unspecified atom stereocenters. The average Bonchev–Trinajstić information content (AvgIpc) is 3.12. The fourth-order valence-electron chi connectivity index (χ4n) is 3.00. The molecule has 0 aliphatic carbocycles. The Bertz CT molecular complexity index is 941. The summed E-state index contributed by atoms with van der Waals surface area (Å²) in [4.78, 5) is 0. The predicted molar refractivity (Wildman–Crippen MR) is 120 cm³/mol. The van der Waals surface area contributed by atoms with Gasteiger partial charge in [-0.15, -0.1) is 10.2 Å². The molecule has 3 aromatic rings. The Kier molecular flexibility index (Phi) is 7.76. The molecule has 7 heteroatoms. The number of benzene rings is 2. The number of methoxy groups -OCH3 is 1. The molecule has 0 bridgehead atoms. The zero-order chi connectivity index (χ0) is 21.5. The van der Waals surface area contributed by atoms with Crippen LogP contribution in [-0.2, 0) is 6.54 Å². The van der Waals surface area contributed by atoms with Crippen molar-refractivity contribution in [2.24, 2.45) is 5.92 Å². The topological polar surface area (TPSA) is 69.4 Å². The molecule has 2 aromatic carbocycles. The Hall–Kier alpha value is -2.51. The highest BCUT2D eigenvalue weighted by Crippen LogP contribution is 2.27. The molecule has 0 saturated carbocycles. The van der Waals surface area contributed by atoms with Crippen molar-refractivity contribution in [2.75, 3.05) is 19.5 Å². The molecule has 0 aliphatic heterocycles. The molecule has 0 radical (unpaired) electrons. The second-order valence-corrected chi connectivity index (χ2v) is 8.62. The molecule has 0 amide bonds. The highest BCUT2D eigenvalue weighted by molar-refractivity contribution is 7.99. The largest absolute Gasteiger partial charge is 0.497 e. The Labute approximate surface area is 182 Å². The number of aromatic nitrogens is 3. The molecule has 1 aromatic heterocycles. The van der Waals surface area contributed by atoms with Gasteiger partial charge in [-0.25, -0.2) is 0 Å². The number of rotatable bonds is 10. The van der Waals surface area contributed by atoms with Crippen molar-refractivity contribution in [3.8, 4) is 22.9 Å². The second kappa shape index (κ2) is 10.5. The lowest BCUT2D eigenvalue weighted by Crippen LogP contribution is -2.20. The van der Waals surface area contributed by atoms with E-state index in [2.05, 4.69) is 28.6 Å². The first kappa shape index (κ1) is 22.2. The minimum Gasteiger partial charge on any atom is -0.497 e. The zero-order valence-corrected chi connectivity index (χ0v) is 18.7. The lowest BCUT2D eigenvalue weighted by molar-refractivity contribution is 0.126. The Morgan fingerprint density at radius 3 is 2.50 bits per heavy atom. The van der Waals surface area contributed by atoms with E-state index in [9.17, 15) is 5.11 Å². The number of aliphatic hydroxyl groups is 1. The SMILES string of the molecule is COc1ccc(-c2nnc(SC[C@@H](O)COc3cccc(C)c3)n2CC(C)C)cc1. The molecule has 1 heterocycles. The second-order valence-electron chi connectivity index (χ2n) is 7.63. The smallest absolute Gasteiger partial charge is 0.191 e. The summed E-state index contributed by atoms with van der Waals surface area (Å²) in [6, 6.07) is 15.6. The summed E-state index contributed by atoms with van der Waals surface area (Å²) in [7, 11) is 1.65. The van der Waals surface area contributed by atoms with Crippen LogP contribution in [0.3, 0.4) is 0 Å². The minimum absolute atomic E-state index is 0.236. The lowest BCUT2D eigenvalue weighted by Gasteiger charge is -2.15. The zero-order valence-electron chi connectivity index (χ0n) is 17.9. The van der Waals surface area contributed by atoms with E-state index in [0.29, 0.717) is 11.7 Å². The quantitative estimate of drug-likeness (QED) is 0.482. The lowest BCUT2D eigenvalue weighted by atomic mass is 10.2. The van der Waals surface area contributed by atoms with Gasteiger partial charge in [0.1, 0.15) is 18.1 Å². The first-order valence-corrected chi connectivity index (χ1v) is 11.0. The number of ether oxygens (including phenoxy) is 2. The van der Waals surface area contributed by atoms with E-state index in [4.69, 9.17) is 9.47 Å². The van der Waals surface area contributed by atoms with Crippen molar-refractivity contribution >= 4 is 11.8 Å². The Morgan fingerprint density at radius 2 is 1.83 bits per heavy atom. The van der Waals surface area contributed by atoms with Gasteiger partial charge in [0.15, 0.2) is 11.0 Å². The van der Waals surface area contributed by atoms with Crippen molar-refractivity contribution in [3.63, 3.8) is 0 Å². The molecule has 0 aliphatic rings. The third kappa shape index (κ3) is 6.00. The van der Waals surface area contributed by atoms with Gasteiger partial charge in [0.2, 0.25) is 0 Å². The standard InChI is InChI=1S/C23H29N3O3S/c1-16(2)13-26-22(18-8-10-20(28-4)11-9-18)24-25-23(26)30-15-19(27)14-29-21-7-5-6-17(3)12-21/h5-12,16,19,27H,13-15H2,1-4H3/t19-/m0/s1. The first-order chi connectivity index (χ1) is 14.5. The fourth-order valence-corrected chi connectivity index (χ4v) is 3.85. The maximum absolute atomic E-state index is 10.4. The van der Waals surface area contributed by atoms with E-state index in [1.807, 2.05) is 55.5 Å². The van der Waals surface area contributed by atoms with Crippen LogP contribution < -0.4 is 9.47 Å². The molecule has 1 N–H and O–H groups in total. The molecule has 160 valence electrons. The minimum atomic E-state index is -0.607. The van der Waals surface area contributed by atoms with Crippen molar-refractivity contribution in [3.05, 3.63) is 54.1 Å². The summed E-state index contributed by atoms with van der Waals surface area (Å²) in [5.74, 6) is 3.31. The van der Waals surface area contributed by atoms with Crippen molar-refractivity contribution in [2.45, 2.75) is 38.6 Å². The molecular formula is C23H29N3O3S. The molecule has 6 nitrogen and oxygen atoms in total. The van der Waals surface area contributed by atoms with Crippen LogP contribution >= 0.6 is 11.8 Å². The monoisotopic (exact) mass is 427 g/mol. The summed E-state index contributed by atoms with van der Waals surface area (Å²) in [6.45, 7) is 7.38. The molecule has 0 fully saturated rings. The Balaban J connectivity index is 1.66. The third-order valence-corrected chi connectivity index (χ3v) is 5.56. The summed E-state index contributed by atoms with van der Waals surface area (Å²) in [5, 5.41) is 20.0. The van der Waals surface area contributed by atoms with E-state index in [1.54, 1.807) is 7.11 Å². The highest BCUT2D eigenvalue weighted by atomic mass is 32.2. The summed E-state index contributed by atoms with van der Waals surface area (Å²) < 4.78 is 13.1. The van der Waals surface area contributed by atoms with Gasteiger partial charge in [-0.1, -0.05) is 37.7 Å². The van der Waals surface area contributed by atoms with Crippen LogP contribution in [0, 0.1) is 12.8 Å². The third-order valence-electron chi connectivity index (χ3n) is 4.45. The number of thioether (sulfide) groups is 1. The molecule has 0 saturated heterocycles. The molecular weight excluding hydrogens is 398 g/mol. The Morgan fingerprint density at radius 1 is 1.07 bits per heavy atom. The van der Waals surface area contributed by atoms with Gasteiger partial charge in [-0.3, -0.25) is 0 Å². The highest BCUT2D eigenvalue weighted by Gasteiger charge is 2.17. The maximum Gasteiger partial charge on any atom is 0.191 e. The molecule has 0 spiro atoms. The normalized spacial score (nSPS) is 12.2. The van der Waals surface area contributed by atoms with E-state index in [0.717, 1.165) is 40.2 Å². The van der Waals surface area contributed by atoms with Gasteiger partial charge >= 0.3 is 0 Å². The number of hydrogen-bond donors (Lipinski definition) is 1. The first-order valence-electron chi connectivity index (χ1n) is 10.0. The van der Waals surface area contributed by atoms with E-state index < -0.39 is 6.10 Å². The summed E-state index contributed by atoms with van der Waals surface area (Å²) in [6.07, 6.45) is -0.607. The van der Waals surface area contributed by atoms with Crippen LogP contribution in [-0.4, -0.2) is 45.4 Å². The molecule has 1 atom stereocenters. The fraction of sp³-hybridized carbons (Fsp3) is 0.391. The van der Waals surface area contributed by atoms with Gasteiger partial charge in [-0.05, 0) is 54.8 Å². The van der Waals surface area contributed by atoms with Crippen LogP contribution in [0.4, 0.5) is 0 Å². The van der Waals surface area contributed by atoms with Crippen LogP contribution in [0.5, 0.6) is 11.5 Å². The van der Waals surface area contributed by atoms with Gasteiger partial charge in [0.05, 0.1) is 13.2 Å². The average molecular weight is 428 g/mol. The van der Waals surface area contributed by atoms with E-state index in [1.165, 1.54) is 11.8 Å².